The number of anilines is 1. The van der Waals surface area contributed by atoms with Gasteiger partial charge in [-0.25, -0.2) is 0 Å². The highest BCUT2D eigenvalue weighted by Gasteiger charge is 2.20. The maximum Gasteiger partial charge on any atom is 0.244 e. The van der Waals surface area contributed by atoms with Crippen molar-refractivity contribution in [2.24, 2.45) is 0 Å². The van der Waals surface area contributed by atoms with E-state index in [9.17, 15) is 4.79 Å². The predicted molar refractivity (Wildman–Crippen MR) is 63.3 cm³/mol. The van der Waals surface area contributed by atoms with Crippen LogP contribution < -0.4 is 5.73 Å². The Hall–Kier alpha value is -1.56. The van der Waals surface area contributed by atoms with Crippen LogP contribution in [-0.2, 0) is 16.1 Å². The van der Waals surface area contributed by atoms with Crippen LogP contribution in [0.1, 0.15) is 12.8 Å². The molecule has 0 bridgehead atoms. The number of carbonyl (C=O) groups is 1. The molecule has 1 amide bonds. The summed E-state index contributed by atoms with van der Waals surface area (Å²) in [7, 11) is 1.79. The van der Waals surface area contributed by atoms with Crippen LogP contribution in [0.15, 0.2) is 12.3 Å². The monoisotopic (exact) mass is 238 g/mol. The van der Waals surface area contributed by atoms with Crippen molar-refractivity contribution in [1.82, 2.24) is 14.7 Å². The van der Waals surface area contributed by atoms with Crippen LogP contribution in [0, 0.1) is 0 Å². The highest BCUT2D eigenvalue weighted by atomic mass is 16.5. The van der Waals surface area contributed by atoms with E-state index in [4.69, 9.17) is 10.5 Å². The summed E-state index contributed by atoms with van der Waals surface area (Å²) in [6, 6.07) is 1.67. The Balaban J connectivity index is 1.82. The summed E-state index contributed by atoms with van der Waals surface area (Å²) >= 11 is 0. The summed E-state index contributed by atoms with van der Waals surface area (Å²) < 4.78 is 7.04. The SMILES string of the molecule is CN(CC1CCCO1)C(=O)Cn1ccc(N)n1. The van der Waals surface area contributed by atoms with Crippen molar-refractivity contribution in [1.29, 1.82) is 0 Å². The average Bonchev–Trinajstić information content (AvgIpc) is 2.90. The number of hydrogen-bond donors (Lipinski definition) is 1. The first kappa shape index (κ1) is 11.9. The van der Waals surface area contributed by atoms with Gasteiger partial charge >= 0.3 is 0 Å². The van der Waals surface area contributed by atoms with E-state index >= 15 is 0 Å². The van der Waals surface area contributed by atoms with Gasteiger partial charge in [-0.05, 0) is 18.9 Å². The number of aromatic nitrogens is 2. The molecule has 2 rings (SSSR count). The fourth-order valence-electron chi connectivity index (χ4n) is 1.92. The molecule has 1 aliphatic heterocycles. The highest BCUT2D eigenvalue weighted by Crippen LogP contribution is 2.12. The van der Waals surface area contributed by atoms with E-state index in [1.54, 1.807) is 28.9 Å². The van der Waals surface area contributed by atoms with Crippen LogP contribution in [-0.4, -0.2) is 46.9 Å². The molecule has 1 aliphatic rings. The van der Waals surface area contributed by atoms with E-state index < -0.39 is 0 Å². The number of ether oxygens (including phenoxy) is 1. The zero-order valence-electron chi connectivity index (χ0n) is 10.0. The normalized spacial score (nSPS) is 19.5. The second-order valence-corrected chi connectivity index (χ2v) is 4.35. The minimum absolute atomic E-state index is 0.0172. The fourth-order valence-corrected chi connectivity index (χ4v) is 1.92. The van der Waals surface area contributed by atoms with Gasteiger partial charge in [0, 0.05) is 26.4 Å². The number of hydrogen-bond acceptors (Lipinski definition) is 4. The van der Waals surface area contributed by atoms with Gasteiger partial charge < -0.3 is 15.4 Å². The van der Waals surface area contributed by atoms with E-state index in [1.165, 1.54) is 0 Å². The van der Waals surface area contributed by atoms with Crippen LogP contribution in [0.4, 0.5) is 5.82 Å². The first-order valence-corrected chi connectivity index (χ1v) is 5.79. The fraction of sp³-hybridized carbons (Fsp3) is 0.636. The lowest BCUT2D eigenvalue weighted by Crippen LogP contribution is -2.36. The van der Waals surface area contributed by atoms with Gasteiger partial charge in [0.1, 0.15) is 12.4 Å². The number of nitrogens with two attached hydrogens (primary N) is 1. The summed E-state index contributed by atoms with van der Waals surface area (Å²) in [5.41, 5.74) is 5.49. The van der Waals surface area contributed by atoms with Crippen molar-refractivity contribution in [3.05, 3.63) is 12.3 Å². The molecule has 1 atom stereocenters. The summed E-state index contributed by atoms with van der Waals surface area (Å²) in [5, 5.41) is 3.98. The van der Waals surface area contributed by atoms with E-state index in [2.05, 4.69) is 5.10 Å². The Morgan fingerprint density at radius 1 is 1.76 bits per heavy atom. The molecule has 0 saturated carbocycles. The van der Waals surface area contributed by atoms with Gasteiger partial charge in [-0.2, -0.15) is 5.10 Å². The largest absolute Gasteiger partial charge is 0.382 e. The third-order valence-corrected chi connectivity index (χ3v) is 2.89. The van der Waals surface area contributed by atoms with Crippen molar-refractivity contribution in [3.8, 4) is 0 Å². The molecule has 17 heavy (non-hydrogen) atoms. The third kappa shape index (κ3) is 3.20. The Morgan fingerprint density at radius 2 is 2.59 bits per heavy atom. The van der Waals surface area contributed by atoms with Crippen LogP contribution in [0.5, 0.6) is 0 Å². The minimum atomic E-state index is 0.0172. The molecule has 1 aromatic heterocycles. The molecule has 94 valence electrons. The minimum Gasteiger partial charge on any atom is -0.382 e. The molecule has 2 N–H and O–H groups in total. The van der Waals surface area contributed by atoms with E-state index in [0.717, 1.165) is 19.4 Å². The number of carbonyl (C=O) groups excluding carboxylic acids is 1. The topological polar surface area (TPSA) is 73.4 Å². The molecule has 0 radical (unpaired) electrons. The number of nitrogens with zero attached hydrogens (tertiary/aromatic N) is 3. The Morgan fingerprint density at radius 3 is 3.18 bits per heavy atom. The molecule has 0 spiro atoms. The molecule has 0 aromatic carbocycles. The second-order valence-electron chi connectivity index (χ2n) is 4.35. The summed E-state index contributed by atoms with van der Waals surface area (Å²) in [4.78, 5) is 13.6. The lowest BCUT2D eigenvalue weighted by Gasteiger charge is -2.20. The van der Waals surface area contributed by atoms with Gasteiger partial charge in [0.25, 0.3) is 0 Å². The predicted octanol–water partition coefficient (Wildman–Crippen LogP) is 0.103. The Labute approximate surface area is 100 Å². The van der Waals surface area contributed by atoms with Gasteiger partial charge in [-0.1, -0.05) is 0 Å². The number of rotatable bonds is 4. The van der Waals surface area contributed by atoms with Gasteiger partial charge in [0.2, 0.25) is 5.91 Å². The molecule has 6 nitrogen and oxygen atoms in total. The molecular weight excluding hydrogens is 220 g/mol. The van der Waals surface area contributed by atoms with Crippen molar-refractivity contribution in [2.75, 3.05) is 25.9 Å². The Bertz CT molecular complexity index is 385. The first-order chi connectivity index (χ1) is 8.15. The second kappa shape index (κ2) is 5.18. The van der Waals surface area contributed by atoms with Crippen molar-refractivity contribution < 1.29 is 9.53 Å². The molecule has 1 fully saturated rings. The van der Waals surface area contributed by atoms with E-state index in [0.29, 0.717) is 12.4 Å². The van der Waals surface area contributed by atoms with Gasteiger partial charge in [-0.3, -0.25) is 9.48 Å². The van der Waals surface area contributed by atoms with Crippen molar-refractivity contribution in [3.63, 3.8) is 0 Å². The van der Waals surface area contributed by atoms with Gasteiger partial charge in [0.05, 0.1) is 6.10 Å². The summed E-state index contributed by atoms with van der Waals surface area (Å²) in [6.45, 7) is 1.68. The number of nitrogen functional groups attached to an aromatic ring is 1. The molecular formula is C11H18N4O2. The molecule has 6 heteroatoms. The maximum atomic E-state index is 11.9. The summed E-state index contributed by atoms with van der Waals surface area (Å²) in [6.07, 6.45) is 4.01. The molecule has 1 unspecified atom stereocenters. The van der Waals surface area contributed by atoms with Crippen LogP contribution in [0.2, 0.25) is 0 Å². The van der Waals surface area contributed by atoms with Gasteiger partial charge in [0.15, 0.2) is 0 Å². The maximum absolute atomic E-state index is 11.9. The zero-order valence-corrected chi connectivity index (χ0v) is 10.0. The van der Waals surface area contributed by atoms with Crippen molar-refractivity contribution >= 4 is 11.7 Å². The van der Waals surface area contributed by atoms with E-state index in [1.807, 2.05) is 0 Å². The molecule has 1 aromatic rings. The van der Waals surface area contributed by atoms with Crippen LogP contribution in [0.25, 0.3) is 0 Å². The van der Waals surface area contributed by atoms with Crippen LogP contribution >= 0.6 is 0 Å². The van der Waals surface area contributed by atoms with Gasteiger partial charge in [-0.15, -0.1) is 0 Å². The number of amides is 1. The summed E-state index contributed by atoms with van der Waals surface area (Å²) in [5.74, 6) is 0.447. The van der Waals surface area contributed by atoms with Crippen LogP contribution in [0.3, 0.4) is 0 Å². The molecule has 1 saturated heterocycles. The number of likely N-dealkylation sites (N-methyl/N-ethyl adjacent to an activating group) is 1. The first-order valence-electron chi connectivity index (χ1n) is 5.79. The zero-order chi connectivity index (χ0) is 12.3. The van der Waals surface area contributed by atoms with E-state index in [-0.39, 0.29) is 18.6 Å². The average molecular weight is 238 g/mol. The molecule has 0 aliphatic carbocycles. The lowest BCUT2D eigenvalue weighted by atomic mass is 10.2. The quantitative estimate of drug-likeness (QED) is 0.807. The smallest absolute Gasteiger partial charge is 0.244 e. The van der Waals surface area contributed by atoms with Crippen molar-refractivity contribution in [2.45, 2.75) is 25.5 Å². The highest BCUT2D eigenvalue weighted by molar-refractivity contribution is 5.75. The standard InChI is InChI=1S/C11H18N4O2/c1-14(7-9-3-2-6-17-9)11(16)8-15-5-4-10(12)13-15/h4-5,9H,2-3,6-8H2,1H3,(H2,12,13). The Kier molecular flexibility index (Phi) is 3.63. The lowest BCUT2D eigenvalue weighted by molar-refractivity contribution is -0.132. The molecule has 2 heterocycles. The third-order valence-electron chi connectivity index (χ3n) is 2.89.